The number of amides is 2. The van der Waals surface area contributed by atoms with Crippen LogP contribution < -0.4 is 16.2 Å². The number of hydrogen-bond acceptors (Lipinski definition) is 5. The van der Waals surface area contributed by atoms with Gasteiger partial charge in [-0.1, -0.05) is 6.07 Å². The van der Waals surface area contributed by atoms with Crippen LogP contribution >= 0.6 is 0 Å². The molecule has 3 rings (SSSR count). The summed E-state index contributed by atoms with van der Waals surface area (Å²) in [5.41, 5.74) is 1.56. The molecule has 0 fully saturated rings. The second-order valence-corrected chi connectivity index (χ2v) is 5.59. The van der Waals surface area contributed by atoms with Crippen LogP contribution in [0.15, 0.2) is 53.7 Å². The van der Waals surface area contributed by atoms with Gasteiger partial charge in [-0.05, 0) is 36.8 Å². The molecule has 9 nitrogen and oxygen atoms in total. The summed E-state index contributed by atoms with van der Waals surface area (Å²) in [7, 11) is 0. The molecule has 0 radical (unpaired) electrons. The zero-order valence-corrected chi connectivity index (χ0v) is 13.9. The van der Waals surface area contributed by atoms with Gasteiger partial charge in [0, 0.05) is 23.5 Å². The number of carbonyl (C=O) groups is 2. The molecule has 0 bridgehead atoms. The van der Waals surface area contributed by atoms with Crippen molar-refractivity contribution >= 4 is 23.5 Å². The Hall–Kier alpha value is -3.75. The first kappa shape index (κ1) is 17.1. The summed E-state index contributed by atoms with van der Waals surface area (Å²) in [6, 6.07) is 9.46. The lowest BCUT2D eigenvalue weighted by Crippen LogP contribution is -2.26. The maximum absolute atomic E-state index is 12.1. The highest BCUT2D eigenvalue weighted by atomic mass is 16.2. The minimum Gasteiger partial charge on any atom is -0.325 e. The monoisotopic (exact) mass is 352 g/mol. The lowest BCUT2D eigenvalue weighted by atomic mass is 10.2. The largest absolute Gasteiger partial charge is 0.325 e. The Morgan fingerprint density at radius 3 is 2.58 bits per heavy atom. The van der Waals surface area contributed by atoms with Gasteiger partial charge in [0.25, 0.3) is 11.5 Å². The number of H-pyrrole nitrogens is 1. The average molecular weight is 352 g/mol. The third-order valence-electron chi connectivity index (χ3n) is 3.52. The van der Waals surface area contributed by atoms with E-state index in [1.54, 1.807) is 36.5 Å². The normalized spacial score (nSPS) is 10.3. The van der Waals surface area contributed by atoms with Crippen molar-refractivity contribution in [1.29, 1.82) is 0 Å². The van der Waals surface area contributed by atoms with E-state index in [0.717, 1.165) is 5.56 Å². The minimum atomic E-state index is -0.356. The molecule has 3 N–H and O–H groups in total. The van der Waals surface area contributed by atoms with Crippen LogP contribution in [0.4, 0.5) is 11.6 Å². The fourth-order valence-electron chi connectivity index (χ4n) is 2.28. The fraction of sp³-hybridized carbons (Fsp3) is 0.118. The Labute approximate surface area is 148 Å². The van der Waals surface area contributed by atoms with Gasteiger partial charge >= 0.3 is 0 Å². The van der Waals surface area contributed by atoms with Gasteiger partial charge in [-0.2, -0.15) is 10.1 Å². The van der Waals surface area contributed by atoms with E-state index in [9.17, 15) is 14.4 Å². The minimum absolute atomic E-state index is 0.0890. The Balaban J connectivity index is 1.61. The molecule has 0 saturated heterocycles. The van der Waals surface area contributed by atoms with E-state index in [0.29, 0.717) is 11.3 Å². The standard InChI is InChI=1S/C17H16N6O3/c1-11-2-7-15(25)23(8-11)9-14(24)20-13-5-3-12(4-6-13)16(26)21-17-18-10-19-22-17/h2-8,10H,9H2,1H3,(H,20,24)(H2,18,19,21,22,26). The molecular formula is C17H16N6O3. The number of nitrogens with one attached hydrogen (secondary N) is 3. The van der Waals surface area contributed by atoms with Crippen molar-refractivity contribution in [3.05, 3.63) is 70.4 Å². The van der Waals surface area contributed by atoms with Crippen molar-refractivity contribution in [3.8, 4) is 0 Å². The summed E-state index contributed by atoms with van der Waals surface area (Å²) in [6.45, 7) is 1.75. The first-order valence-corrected chi connectivity index (χ1v) is 7.75. The molecule has 132 valence electrons. The predicted octanol–water partition coefficient (Wildman–Crippen LogP) is 1.17. The van der Waals surface area contributed by atoms with Gasteiger partial charge < -0.3 is 9.88 Å². The van der Waals surface area contributed by atoms with E-state index in [1.165, 1.54) is 17.0 Å². The van der Waals surface area contributed by atoms with E-state index in [2.05, 4.69) is 25.8 Å². The lowest BCUT2D eigenvalue weighted by Gasteiger charge is -2.08. The second kappa shape index (κ2) is 7.43. The Morgan fingerprint density at radius 2 is 1.88 bits per heavy atom. The van der Waals surface area contributed by atoms with Gasteiger partial charge in [0.1, 0.15) is 12.9 Å². The van der Waals surface area contributed by atoms with Crippen LogP contribution in [0.25, 0.3) is 0 Å². The number of aromatic amines is 1. The summed E-state index contributed by atoms with van der Waals surface area (Å²) in [5, 5.41) is 11.4. The fourth-order valence-corrected chi connectivity index (χ4v) is 2.28. The topological polar surface area (TPSA) is 122 Å². The van der Waals surface area contributed by atoms with Crippen molar-refractivity contribution in [2.24, 2.45) is 0 Å². The first-order valence-electron chi connectivity index (χ1n) is 7.75. The maximum atomic E-state index is 12.1. The maximum Gasteiger partial charge on any atom is 0.258 e. The summed E-state index contributed by atoms with van der Waals surface area (Å²) in [4.78, 5) is 39.7. The zero-order valence-electron chi connectivity index (χ0n) is 13.9. The Morgan fingerprint density at radius 1 is 1.12 bits per heavy atom. The molecule has 0 aliphatic heterocycles. The number of anilines is 2. The molecule has 0 aliphatic carbocycles. The number of rotatable bonds is 5. The molecule has 3 aromatic rings. The number of pyridine rings is 1. The van der Waals surface area contributed by atoms with Gasteiger partial charge in [-0.3, -0.25) is 19.7 Å². The van der Waals surface area contributed by atoms with Crippen LogP contribution in [0.2, 0.25) is 0 Å². The molecule has 2 aromatic heterocycles. The van der Waals surface area contributed by atoms with Gasteiger partial charge in [-0.25, -0.2) is 5.10 Å². The van der Waals surface area contributed by atoms with Gasteiger partial charge in [0.2, 0.25) is 11.9 Å². The summed E-state index contributed by atoms with van der Waals surface area (Å²) in [5.74, 6) is -0.446. The number of aromatic nitrogens is 4. The van der Waals surface area contributed by atoms with Crippen LogP contribution in [-0.2, 0) is 11.3 Å². The van der Waals surface area contributed by atoms with Crippen molar-refractivity contribution in [3.63, 3.8) is 0 Å². The highest BCUT2D eigenvalue weighted by Gasteiger charge is 2.09. The van der Waals surface area contributed by atoms with Crippen LogP contribution in [0.5, 0.6) is 0 Å². The third kappa shape index (κ3) is 4.20. The van der Waals surface area contributed by atoms with Crippen LogP contribution in [0.3, 0.4) is 0 Å². The smallest absolute Gasteiger partial charge is 0.258 e. The van der Waals surface area contributed by atoms with Crippen molar-refractivity contribution < 1.29 is 9.59 Å². The molecule has 9 heteroatoms. The molecule has 0 atom stereocenters. The van der Waals surface area contributed by atoms with Crippen LogP contribution in [-0.4, -0.2) is 31.6 Å². The molecule has 0 unspecified atom stereocenters. The third-order valence-corrected chi connectivity index (χ3v) is 3.52. The highest BCUT2D eigenvalue weighted by molar-refractivity contribution is 6.03. The average Bonchev–Trinajstić information content (AvgIpc) is 3.11. The van der Waals surface area contributed by atoms with Crippen LogP contribution in [0.1, 0.15) is 15.9 Å². The molecule has 0 spiro atoms. The molecular weight excluding hydrogens is 336 g/mol. The van der Waals surface area contributed by atoms with E-state index >= 15 is 0 Å². The summed E-state index contributed by atoms with van der Waals surface area (Å²) < 4.78 is 1.34. The molecule has 2 heterocycles. The predicted molar refractivity (Wildman–Crippen MR) is 94.8 cm³/mol. The number of aryl methyl sites for hydroxylation is 1. The van der Waals surface area contributed by atoms with Gasteiger partial charge in [0.15, 0.2) is 0 Å². The second-order valence-electron chi connectivity index (χ2n) is 5.59. The van der Waals surface area contributed by atoms with Gasteiger partial charge in [-0.15, -0.1) is 0 Å². The lowest BCUT2D eigenvalue weighted by molar-refractivity contribution is -0.116. The van der Waals surface area contributed by atoms with E-state index in [-0.39, 0.29) is 29.9 Å². The summed E-state index contributed by atoms with van der Waals surface area (Å²) >= 11 is 0. The highest BCUT2D eigenvalue weighted by Crippen LogP contribution is 2.11. The number of nitrogens with zero attached hydrogens (tertiary/aromatic N) is 3. The van der Waals surface area contributed by atoms with E-state index in [4.69, 9.17) is 0 Å². The van der Waals surface area contributed by atoms with E-state index in [1.807, 2.05) is 6.92 Å². The molecule has 0 saturated carbocycles. The number of benzene rings is 1. The molecule has 1 aromatic carbocycles. The zero-order chi connectivity index (χ0) is 18.5. The van der Waals surface area contributed by atoms with Crippen molar-refractivity contribution in [1.82, 2.24) is 19.7 Å². The molecule has 26 heavy (non-hydrogen) atoms. The quantitative estimate of drug-likeness (QED) is 0.636. The van der Waals surface area contributed by atoms with Crippen LogP contribution in [0, 0.1) is 6.92 Å². The van der Waals surface area contributed by atoms with Gasteiger partial charge in [0.05, 0.1) is 0 Å². The molecule has 0 aliphatic rings. The van der Waals surface area contributed by atoms with E-state index < -0.39 is 0 Å². The SMILES string of the molecule is Cc1ccc(=O)n(CC(=O)Nc2ccc(C(=O)Nc3ncn[nH]3)cc2)c1. The first-order chi connectivity index (χ1) is 12.5. The Bertz CT molecular complexity index is 976. The Kier molecular flexibility index (Phi) is 4.88. The molecule has 2 amide bonds. The number of hydrogen-bond donors (Lipinski definition) is 3. The number of carbonyl (C=O) groups excluding carboxylic acids is 2. The summed E-state index contributed by atoms with van der Waals surface area (Å²) in [6.07, 6.45) is 2.91. The van der Waals surface area contributed by atoms with Crippen molar-refractivity contribution in [2.45, 2.75) is 13.5 Å². The van der Waals surface area contributed by atoms with Crippen molar-refractivity contribution in [2.75, 3.05) is 10.6 Å².